The van der Waals surface area contributed by atoms with Crippen molar-refractivity contribution in [1.82, 2.24) is 4.90 Å². The van der Waals surface area contributed by atoms with Gasteiger partial charge >= 0.3 is 0 Å². The van der Waals surface area contributed by atoms with Gasteiger partial charge in [-0.2, -0.15) is 0 Å². The number of para-hydroxylation sites is 1. The lowest BCUT2D eigenvalue weighted by Crippen LogP contribution is -2.36. The first-order valence-electron chi connectivity index (χ1n) is 8.74. The smallest absolute Gasteiger partial charge is 0.294 e. The molecule has 7 nitrogen and oxygen atoms in total. The molecule has 150 valence electrons. The Bertz CT molecular complexity index is 1270. The summed E-state index contributed by atoms with van der Waals surface area (Å²) in [6.45, 7) is -0.416. The fourth-order valence-corrected chi connectivity index (χ4v) is 4.04. The maximum Gasteiger partial charge on any atom is 0.294 e. The van der Waals surface area contributed by atoms with E-state index in [1.165, 1.54) is 12.3 Å². The number of carbonyl (C=O) groups is 3. The minimum atomic E-state index is -0.629. The molecular formula is C21H13IN2O5S. The van der Waals surface area contributed by atoms with E-state index in [1.807, 2.05) is 12.1 Å². The van der Waals surface area contributed by atoms with Crippen LogP contribution in [-0.2, 0) is 9.59 Å². The lowest BCUT2D eigenvalue weighted by molar-refractivity contribution is -0.127. The molecule has 2 aromatic carbocycles. The van der Waals surface area contributed by atoms with Crippen LogP contribution in [0.1, 0.15) is 5.56 Å². The topological polar surface area (TPSA) is 96.7 Å². The highest BCUT2D eigenvalue weighted by Crippen LogP contribution is 2.32. The SMILES string of the molecule is O=C(CN1C(=O)S/C(=C\c2coc3ccccc3c2=O)C1=O)Nc1ccc(I)cc1. The summed E-state index contributed by atoms with van der Waals surface area (Å²) < 4.78 is 6.45. The van der Waals surface area contributed by atoms with Crippen molar-refractivity contribution in [3.8, 4) is 0 Å². The molecule has 1 fully saturated rings. The van der Waals surface area contributed by atoms with Crippen molar-refractivity contribution < 1.29 is 18.8 Å². The average Bonchev–Trinajstić information content (AvgIpc) is 2.99. The second kappa shape index (κ2) is 8.44. The molecule has 1 aromatic heterocycles. The standard InChI is InChI=1S/C21H13IN2O5S/c22-13-5-7-14(8-6-13)23-18(25)10-24-20(27)17(30-21(24)28)9-12-11-29-16-4-2-1-3-15(16)19(12)26/h1-9,11H,10H2,(H,23,25)/b17-9-. The summed E-state index contributed by atoms with van der Waals surface area (Å²) in [5.41, 5.74) is 0.847. The first-order valence-corrected chi connectivity index (χ1v) is 10.6. The lowest BCUT2D eigenvalue weighted by Gasteiger charge is -2.12. The summed E-state index contributed by atoms with van der Waals surface area (Å²) in [6, 6.07) is 13.9. The van der Waals surface area contributed by atoms with E-state index in [0.29, 0.717) is 28.4 Å². The van der Waals surface area contributed by atoms with Crippen molar-refractivity contribution in [2.24, 2.45) is 0 Å². The zero-order valence-electron chi connectivity index (χ0n) is 15.3. The number of thioether (sulfide) groups is 1. The molecule has 0 spiro atoms. The van der Waals surface area contributed by atoms with Crippen molar-refractivity contribution in [1.29, 1.82) is 0 Å². The zero-order valence-corrected chi connectivity index (χ0v) is 18.2. The Kier molecular flexibility index (Phi) is 5.73. The maximum atomic E-state index is 12.6. The van der Waals surface area contributed by atoms with Crippen LogP contribution in [0.5, 0.6) is 0 Å². The predicted octanol–water partition coefficient (Wildman–Crippen LogP) is 4.07. The molecule has 2 heterocycles. The Labute approximate surface area is 188 Å². The van der Waals surface area contributed by atoms with E-state index >= 15 is 0 Å². The Morgan fingerprint density at radius 1 is 1.10 bits per heavy atom. The molecule has 0 aliphatic carbocycles. The number of halogens is 1. The van der Waals surface area contributed by atoms with Crippen molar-refractivity contribution in [2.45, 2.75) is 0 Å². The van der Waals surface area contributed by atoms with Crippen molar-refractivity contribution in [3.05, 3.63) is 79.1 Å². The highest BCUT2D eigenvalue weighted by molar-refractivity contribution is 14.1. The van der Waals surface area contributed by atoms with Crippen LogP contribution in [0.25, 0.3) is 17.0 Å². The third kappa shape index (κ3) is 4.17. The van der Waals surface area contributed by atoms with Crippen LogP contribution in [0.4, 0.5) is 10.5 Å². The third-order valence-corrected chi connectivity index (χ3v) is 5.92. The number of nitrogens with one attached hydrogen (secondary N) is 1. The van der Waals surface area contributed by atoms with Crippen LogP contribution in [0, 0.1) is 3.57 Å². The van der Waals surface area contributed by atoms with Gasteiger partial charge in [-0.05, 0) is 76.8 Å². The molecule has 3 amide bonds. The van der Waals surface area contributed by atoms with Crippen LogP contribution in [0.15, 0.2) is 68.9 Å². The number of carbonyl (C=O) groups excluding carboxylic acids is 3. The molecule has 3 aromatic rings. The number of imide groups is 1. The highest BCUT2D eigenvalue weighted by Gasteiger charge is 2.36. The Balaban J connectivity index is 1.52. The molecule has 0 unspecified atom stereocenters. The number of hydrogen-bond acceptors (Lipinski definition) is 6. The fourth-order valence-electron chi connectivity index (χ4n) is 2.85. The number of fused-ring (bicyclic) bond motifs is 1. The number of amides is 3. The van der Waals surface area contributed by atoms with E-state index in [1.54, 1.807) is 36.4 Å². The van der Waals surface area contributed by atoms with Crippen molar-refractivity contribution in [2.75, 3.05) is 11.9 Å². The van der Waals surface area contributed by atoms with Crippen LogP contribution >= 0.6 is 34.4 Å². The lowest BCUT2D eigenvalue weighted by atomic mass is 10.1. The van der Waals surface area contributed by atoms with Crippen LogP contribution in [-0.4, -0.2) is 28.5 Å². The van der Waals surface area contributed by atoms with E-state index in [0.717, 1.165) is 8.47 Å². The molecule has 1 aliphatic heterocycles. The van der Waals surface area contributed by atoms with Crippen molar-refractivity contribution in [3.63, 3.8) is 0 Å². The minimum absolute atomic E-state index is 0.0599. The summed E-state index contributed by atoms with van der Waals surface area (Å²) in [5, 5.41) is 2.45. The minimum Gasteiger partial charge on any atom is -0.463 e. The maximum absolute atomic E-state index is 12.6. The summed E-state index contributed by atoms with van der Waals surface area (Å²) >= 11 is 2.82. The third-order valence-electron chi connectivity index (χ3n) is 4.30. The molecule has 4 rings (SSSR count). The van der Waals surface area contributed by atoms with Gasteiger partial charge in [0.25, 0.3) is 11.1 Å². The van der Waals surface area contributed by atoms with Gasteiger partial charge in [-0.15, -0.1) is 0 Å². The first kappa shape index (κ1) is 20.4. The van der Waals surface area contributed by atoms with E-state index in [9.17, 15) is 19.2 Å². The second-order valence-corrected chi connectivity index (χ2v) is 8.58. The van der Waals surface area contributed by atoms with Gasteiger partial charge in [0.05, 0.1) is 15.9 Å². The molecule has 9 heteroatoms. The van der Waals surface area contributed by atoms with Crippen LogP contribution in [0.3, 0.4) is 0 Å². The zero-order chi connectivity index (χ0) is 21.3. The number of hydrogen-bond donors (Lipinski definition) is 1. The first-order chi connectivity index (χ1) is 14.4. The number of rotatable bonds is 4. The second-order valence-electron chi connectivity index (χ2n) is 6.34. The van der Waals surface area contributed by atoms with Gasteiger partial charge in [0.15, 0.2) is 5.43 Å². The van der Waals surface area contributed by atoms with Gasteiger partial charge in [-0.3, -0.25) is 24.1 Å². The van der Waals surface area contributed by atoms with Gasteiger partial charge < -0.3 is 9.73 Å². The molecule has 0 atom stereocenters. The van der Waals surface area contributed by atoms with E-state index in [-0.39, 0.29) is 15.9 Å². The van der Waals surface area contributed by atoms with Gasteiger partial charge in [0, 0.05) is 9.26 Å². The predicted molar refractivity (Wildman–Crippen MR) is 123 cm³/mol. The average molecular weight is 532 g/mol. The summed E-state index contributed by atoms with van der Waals surface area (Å²) in [6.07, 6.45) is 2.57. The van der Waals surface area contributed by atoms with Gasteiger partial charge in [0.2, 0.25) is 5.91 Å². The Morgan fingerprint density at radius 2 is 1.83 bits per heavy atom. The summed E-state index contributed by atoms with van der Waals surface area (Å²) in [4.78, 5) is 50.7. The van der Waals surface area contributed by atoms with E-state index in [2.05, 4.69) is 27.9 Å². The van der Waals surface area contributed by atoms with Gasteiger partial charge in [0.1, 0.15) is 18.4 Å². The number of nitrogens with zero attached hydrogens (tertiary/aromatic N) is 1. The Morgan fingerprint density at radius 3 is 2.60 bits per heavy atom. The largest absolute Gasteiger partial charge is 0.463 e. The normalized spacial score (nSPS) is 15.2. The fraction of sp³-hybridized carbons (Fsp3) is 0.0476. The molecule has 0 radical (unpaired) electrons. The molecule has 0 bridgehead atoms. The molecule has 30 heavy (non-hydrogen) atoms. The van der Waals surface area contributed by atoms with E-state index < -0.39 is 23.6 Å². The molecule has 1 N–H and O–H groups in total. The summed E-state index contributed by atoms with van der Waals surface area (Å²) in [7, 11) is 0. The monoisotopic (exact) mass is 532 g/mol. The molecule has 1 saturated heterocycles. The van der Waals surface area contributed by atoms with Gasteiger partial charge in [-0.1, -0.05) is 12.1 Å². The molecular weight excluding hydrogens is 519 g/mol. The van der Waals surface area contributed by atoms with Crippen LogP contribution < -0.4 is 10.7 Å². The van der Waals surface area contributed by atoms with Gasteiger partial charge in [-0.25, -0.2) is 0 Å². The van der Waals surface area contributed by atoms with E-state index in [4.69, 9.17) is 4.42 Å². The number of benzene rings is 2. The highest BCUT2D eigenvalue weighted by atomic mass is 127. The quantitative estimate of drug-likeness (QED) is 0.402. The van der Waals surface area contributed by atoms with Crippen molar-refractivity contribution >= 4 is 74.1 Å². The Hall–Kier alpha value is -2.92. The number of anilines is 1. The van der Waals surface area contributed by atoms with Crippen LogP contribution in [0.2, 0.25) is 0 Å². The molecule has 1 aliphatic rings. The molecule has 0 saturated carbocycles. The summed E-state index contributed by atoms with van der Waals surface area (Å²) in [5.74, 6) is -1.12.